The summed E-state index contributed by atoms with van der Waals surface area (Å²) >= 11 is 12.2. The molecule has 7 nitrogen and oxygen atoms in total. The maximum absolute atomic E-state index is 12.9. The summed E-state index contributed by atoms with van der Waals surface area (Å²) in [5, 5.41) is 4.21. The molecule has 5 rings (SSSR count). The number of urea groups is 1. The molecule has 2 amide bonds. The molecule has 0 radical (unpaired) electrons. The van der Waals surface area contributed by atoms with Gasteiger partial charge in [-0.1, -0.05) is 29.3 Å². The number of carbonyl (C=O) groups is 1. The topological polar surface area (TPSA) is 66.9 Å². The van der Waals surface area contributed by atoms with E-state index in [9.17, 15) is 4.79 Å². The van der Waals surface area contributed by atoms with Crippen molar-refractivity contribution in [3.05, 3.63) is 51.8 Å². The quantitative estimate of drug-likeness (QED) is 0.689. The molecule has 2 aromatic rings. The smallest absolute Gasteiger partial charge is 0.317 e. The van der Waals surface area contributed by atoms with Crippen LogP contribution in [-0.2, 0) is 13.1 Å². The van der Waals surface area contributed by atoms with Crippen molar-refractivity contribution in [2.75, 3.05) is 39.4 Å². The number of fused-ring (bicyclic) bond motifs is 1. The second kappa shape index (κ2) is 9.57. The van der Waals surface area contributed by atoms with E-state index in [0.717, 1.165) is 57.7 Å². The average Bonchev–Trinajstić information content (AvgIpc) is 3.20. The Morgan fingerprint density at radius 3 is 2.76 bits per heavy atom. The van der Waals surface area contributed by atoms with Crippen LogP contribution < -0.4 is 14.8 Å². The predicted octanol–water partition coefficient (Wildman–Crippen LogP) is 4.36. The number of hydrogen-bond donors (Lipinski definition) is 1. The van der Waals surface area contributed by atoms with Crippen molar-refractivity contribution in [2.24, 2.45) is 5.41 Å². The summed E-state index contributed by atoms with van der Waals surface area (Å²) < 4.78 is 11.1. The van der Waals surface area contributed by atoms with Gasteiger partial charge in [0.15, 0.2) is 11.5 Å². The van der Waals surface area contributed by atoms with Crippen LogP contribution in [0.4, 0.5) is 4.79 Å². The summed E-state index contributed by atoms with van der Waals surface area (Å²) in [4.78, 5) is 21.7. The Hall–Kier alpha value is -2.22. The minimum Gasteiger partial charge on any atom is -0.486 e. The summed E-state index contributed by atoms with van der Waals surface area (Å²) in [6, 6.07) is 7.64. The lowest BCUT2D eigenvalue weighted by atomic mass is 9.79. The van der Waals surface area contributed by atoms with Gasteiger partial charge < -0.3 is 19.7 Å². The fraction of sp³-hybridized carbons (Fsp3) is 0.500. The molecule has 33 heavy (non-hydrogen) atoms. The largest absolute Gasteiger partial charge is 0.486 e. The molecule has 9 heteroatoms. The highest BCUT2D eigenvalue weighted by molar-refractivity contribution is 6.42. The molecule has 0 aliphatic carbocycles. The van der Waals surface area contributed by atoms with Gasteiger partial charge in [0.2, 0.25) is 0 Å². The molecule has 1 N–H and O–H groups in total. The van der Waals surface area contributed by atoms with Crippen molar-refractivity contribution in [2.45, 2.75) is 32.4 Å². The highest BCUT2D eigenvalue weighted by atomic mass is 35.5. The summed E-state index contributed by atoms with van der Waals surface area (Å²) in [6.07, 6.45) is 4.93. The lowest BCUT2D eigenvalue weighted by Crippen LogP contribution is -2.50. The maximum atomic E-state index is 12.9. The molecule has 1 spiro atoms. The zero-order chi connectivity index (χ0) is 22.8. The summed E-state index contributed by atoms with van der Waals surface area (Å²) in [5.74, 6) is 1.34. The number of nitrogens with zero attached hydrogens (tertiary/aromatic N) is 3. The van der Waals surface area contributed by atoms with E-state index in [0.29, 0.717) is 41.3 Å². The molecular formula is C24H28Cl2N4O3. The molecule has 2 fully saturated rings. The number of nitrogens with one attached hydrogen (secondary N) is 1. The van der Waals surface area contributed by atoms with Gasteiger partial charge in [-0.05, 0) is 43.5 Å². The molecule has 1 unspecified atom stereocenters. The van der Waals surface area contributed by atoms with Gasteiger partial charge >= 0.3 is 6.03 Å². The molecule has 1 atom stereocenters. The van der Waals surface area contributed by atoms with Crippen molar-refractivity contribution >= 4 is 29.2 Å². The Labute approximate surface area is 203 Å². The van der Waals surface area contributed by atoms with Crippen molar-refractivity contribution in [3.63, 3.8) is 0 Å². The normalized spacial score (nSPS) is 22.5. The maximum Gasteiger partial charge on any atom is 0.317 e. The van der Waals surface area contributed by atoms with Crippen LogP contribution in [0, 0.1) is 5.41 Å². The average molecular weight is 491 g/mol. The van der Waals surface area contributed by atoms with Crippen LogP contribution in [-0.4, -0.2) is 60.2 Å². The van der Waals surface area contributed by atoms with Crippen LogP contribution in [0.3, 0.4) is 0 Å². The molecule has 1 aromatic heterocycles. The lowest BCUT2D eigenvalue weighted by Gasteiger charge is -2.40. The first-order valence-electron chi connectivity index (χ1n) is 11.4. The van der Waals surface area contributed by atoms with E-state index in [-0.39, 0.29) is 11.4 Å². The Bertz CT molecular complexity index is 1040. The third kappa shape index (κ3) is 5.15. The van der Waals surface area contributed by atoms with Crippen LogP contribution in [0.5, 0.6) is 11.5 Å². The zero-order valence-corrected chi connectivity index (χ0v) is 20.0. The number of likely N-dealkylation sites (tertiary alicyclic amines) is 2. The number of benzene rings is 1. The van der Waals surface area contributed by atoms with E-state index in [2.05, 4.69) is 15.2 Å². The fourth-order valence-corrected chi connectivity index (χ4v) is 5.46. The number of amides is 2. The number of ether oxygens (including phenoxy) is 2. The highest BCUT2D eigenvalue weighted by Crippen LogP contribution is 2.39. The molecule has 1 aromatic carbocycles. The number of piperidine rings is 1. The Balaban J connectivity index is 1.15. The van der Waals surface area contributed by atoms with Gasteiger partial charge in [0, 0.05) is 37.7 Å². The van der Waals surface area contributed by atoms with Crippen LogP contribution in [0.2, 0.25) is 10.0 Å². The second-order valence-electron chi connectivity index (χ2n) is 9.21. The number of pyridine rings is 1. The van der Waals surface area contributed by atoms with Crippen molar-refractivity contribution in [1.29, 1.82) is 0 Å². The zero-order valence-electron chi connectivity index (χ0n) is 18.5. The first-order chi connectivity index (χ1) is 16.0. The van der Waals surface area contributed by atoms with Crippen molar-refractivity contribution < 1.29 is 14.3 Å². The molecular weight excluding hydrogens is 463 g/mol. The third-order valence-corrected chi connectivity index (χ3v) is 7.50. The monoisotopic (exact) mass is 490 g/mol. The summed E-state index contributed by atoms with van der Waals surface area (Å²) in [5.41, 5.74) is 2.08. The van der Waals surface area contributed by atoms with E-state index in [4.69, 9.17) is 32.7 Å². The van der Waals surface area contributed by atoms with Crippen LogP contribution >= 0.6 is 23.2 Å². The van der Waals surface area contributed by atoms with Gasteiger partial charge in [-0.25, -0.2) is 4.79 Å². The molecule has 3 aliphatic heterocycles. The first kappa shape index (κ1) is 22.6. The fourth-order valence-electron chi connectivity index (χ4n) is 5.14. The Morgan fingerprint density at radius 2 is 1.91 bits per heavy atom. The number of aromatic nitrogens is 1. The van der Waals surface area contributed by atoms with Crippen LogP contribution in [0.1, 0.15) is 30.5 Å². The van der Waals surface area contributed by atoms with E-state index in [1.54, 1.807) is 6.20 Å². The minimum absolute atomic E-state index is 0.0336. The molecule has 176 valence electrons. The first-order valence-corrected chi connectivity index (χ1v) is 12.2. The van der Waals surface area contributed by atoms with E-state index < -0.39 is 0 Å². The van der Waals surface area contributed by atoms with E-state index >= 15 is 0 Å². The molecule has 4 heterocycles. The number of hydrogen-bond acceptors (Lipinski definition) is 5. The minimum atomic E-state index is -0.0336. The van der Waals surface area contributed by atoms with Crippen LogP contribution in [0.15, 0.2) is 30.5 Å². The molecule has 0 bridgehead atoms. The summed E-state index contributed by atoms with van der Waals surface area (Å²) in [6.45, 7) is 5.86. The van der Waals surface area contributed by atoms with E-state index in [1.165, 1.54) is 5.56 Å². The highest BCUT2D eigenvalue weighted by Gasteiger charge is 2.42. The Morgan fingerprint density at radius 1 is 1.06 bits per heavy atom. The van der Waals surface area contributed by atoms with Gasteiger partial charge in [0.05, 0.1) is 28.5 Å². The van der Waals surface area contributed by atoms with Gasteiger partial charge in [0.25, 0.3) is 0 Å². The number of rotatable bonds is 4. The van der Waals surface area contributed by atoms with Gasteiger partial charge in [-0.2, -0.15) is 0 Å². The summed E-state index contributed by atoms with van der Waals surface area (Å²) in [7, 11) is 0. The number of carbonyl (C=O) groups excluding carboxylic acids is 1. The third-order valence-electron chi connectivity index (χ3n) is 6.76. The van der Waals surface area contributed by atoms with Crippen LogP contribution in [0.25, 0.3) is 0 Å². The molecule has 0 saturated carbocycles. The predicted molar refractivity (Wildman–Crippen MR) is 127 cm³/mol. The van der Waals surface area contributed by atoms with Gasteiger partial charge in [-0.3, -0.25) is 9.88 Å². The Kier molecular flexibility index (Phi) is 6.54. The van der Waals surface area contributed by atoms with E-state index in [1.807, 2.05) is 29.2 Å². The second-order valence-corrected chi connectivity index (χ2v) is 10.0. The standard InChI is InChI=1S/C24H28Cl2N4O3/c25-19-3-2-17(10-20(19)26)14-29-7-5-24(15-29)4-1-6-30(16-24)23(31)28-12-18-11-21-22(13-27-18)33-9-8-32-21/h2-3,10-11,13H,1,4-9,12,14-16H2,(H,28,31). The lowest BCUT2D eigenvalue weighted by molar-refractivity contribution is 0.107. The number of halogens is 2. The van der Waals surface area contributed by atoms with Gasteiger partial charge in [-0.15, -0.1) is 0 Å². The van der Waals surface area contributed by atoms with Gasteiger partial charge in [0.1, 0.15) is 13.2 Å². The SMILES string of the molecule is O=C(NCc1cc2c(cn1)OCCO2)N1CCCC2(CCN(Cc3ccc(Cl)c(Cl)c3)C2)C1. The van der Waals surface area contributed by atoms with Crippen molar-refractivity contribution in [3.8, 4) is 11.5 Å². The molecule has 2 saturated heterocycles. The van der Waals surface area contributed by atoms with Crippen molar-refractivity contribution in [1.82, 2.24) is 20.1 Å². The molecule has 3 aliphatic rings.